The molecule has 1 amide bonds. The van der Waals surface area contributed by atoms with Gasteiger partial charge in [0.05, 0.1) is 11.0 Å². The zero-order valence-electron chi connectivity index (χ0n) is 16.1. The van der Waals surface area contributed by atoms with Crippen LogP contribution in [0.3, 0.4) is 0 Å². The van der Waals surface area contributed by atoms with Crippen LogP contribution in [0.15, 0.2) is 29.2 Å². The molecule has 1 aromatic carbocycles. The molecule has 0 aliphatic rings. The fraction of sp³-hybridized carbons (Fsp3) is 0.500. The van der Waals surface area contributed by atoms with Gasteiger partial charge in [-0.2, -0.15) is 9.98 Å². The molecular weight excluding hydrogens is 370 g/mol. The molecule has 0 fully saturated rings. The van der Waals surface area contributed by atoms with Crippen LogP contribution in [-0.4, -0.2) is 38.5 Å². The molecule has 8 nitrogen and oxygen atoms in total. The lowest BCUT2D eigenvalue weighted by Crippen LogP contribution is -2.50. The molecule has 0 saturated carbocycles. The fourth-order valence-corrected chi connectivity index (χ4v) is 3.15. The number of aryl methyl sites for hydroxylation is 1. The van der Waals surface area contributed by atoms with Gasteiger partial charge in [-0.15, -0.1) is 0 Å². The van der Waals surface area contributed by atoms with Crippen molar-refractivity contribution in [3.63, 3.8) is 0 Å². The number of amides is 1. The Balaban J connectivity index is 2.63. The topological polar surface area (TPSA) is 125 Å². The third kappa shape index (κ3) is 6.34. The van der Waals surface area contributed by atoms with E-state index < -0.39 is 40.1 Å². The Bertz CT molecular complexity index is 828. The number of rotatable bonds is 8. The van der Waals surface area contributed by atoms with Crippen LogP contribution in [0.1, 0.15) is 33.3 Å². The zero-order chi connectivity index (χ0) is 20.8. The maximum absolute atomic E-state index is 12.3. The van der Waals surface area contributed by atoms with Gasteiger partial charge in [0.15, 0.2) is 6.61 Å². The Hall–Kier alpha value is -2.44. The number of nitriles is 1. The Morgan fingerprint density at radius 2 is 1.78 bits per heavy atom. The highest BCUT2D eigenvalue weighted by atomic mass is 32.2. The maximum Gasteiger partial charge on any atom is 0.324 e. The number of ether oxygens (including phenoxy) is 1. The van der Waals surface area contributed by atoms with Crippen LogP contribution < -0.4 is 10.0 Å². The minimum absolute atomic E-state index is 0.0206. The van der Waals surface area contributed by atoms with Crippen molar-refractivity contribution in [1.82, 2.24) is 10.0 Å². The molecule has 0 spiro atoms. The number of sulfonamides is 1. The van der Waals surface area contributed by atoms with Crippen molar-refractivity contribution in [3.05, 3.63) is 29.8 Å². The van der Waals surface area contributed by atoms with Crippen molar-refractivity contribution in [2.24, 2.45) is 5.92 Å². The lowest BCUT2D eigenvalue weighted by molar-refractivity contribution is -0.150. The highest BCUT2D eigenvalue weighted by molar-refractivity contribution is 7.89. The van der Waals surface area contributed by atoms with E-state index in [1.807, 2.05) is 13.0 Å². The van der Waals surface area contributed by atoms with E-state index in [0.29, 0.717) is 0 Å². The van der Waals surface area contributed by atoms with E-state index >= 15 is 0 Å². The summed E-state index contributed by atoms with van der Waals surface area (Å²) in [6.45, 7) is 7.65. The van der Waals surface area contributed by atoms with Crippen molar-refractivity contribution in [1.29, 1.82) is 5.26 Å². The SMILES string of the molecule is Cc1ccc(S(=O)(=O)N[C@@H](C)C(=O)OCC(=O)N[C@@](C)(C#N)C(C)C)cc1. The number of hydrogen-bond donors (Lipinski definition) is 2. The van der Waals surface area contributed by atoms with E-state index in [1.165, 1.54) is 19.1 Å². The van der Waals surface area contributed by atoms with Crippen LogP contribution in [0, 0.1) is 24.2 Å². The third-order valence-electron chi connectivity index (χ3n) is 4.15. The number of carbonyl (C=O) groups is 2. The third-order valence-corrected chi connectivity index (χ3v) is 5.70. The number of nitrogens with zero attached hydrogens (tertiary/aromatic N) is 1. The zero-order valence-corrected chi connectivity index (χ0v) is 16.9. The molecule has 9 heteroatoms. The van der Waals surface area contributed by atoms with Gasteiger partial charge in [-0.1, -0.05) is 31.5 Å². The van der Waals surface area contributed by atoms with Gasteiger partial charge in [-0.05, 0) is 38.8 Å². The number of nitrogens with one attached hydrogen (secondary N) is 2. The second-order valence-electron chi connectivity index (χ2n) is 6.78. The average Bonchev–Trinajstić information content (AvgIpc) is 2.59. The summed E-state index contributed by atoms with van der Waals surface area (Å²) in [5, 5.41) is 11.7. The van der Waals surface area contributed by atoms with Crippen molar-refractivity contribution >= 4 is 21.9 Å². The van der Waals surface area contributed by atoms with E-state index in [1.54, 1.807) is 32.9 Å². The predicted octanol–water partition coefficient (Wildman–Crippen LogP) is 1.26. The number of esters is 1. The minimum atomic E-state index is -3.90. The number of hydrogen-bond acceptors (Lipinski definition) is 6. The molecule has 27 heavy (non-hydrogen) atoms. The molecule has 0 aromatic heterocycles. The molecule has 2 atom stereocenters. The summed E-state index contributed by atoms with van der Waals surface area (Å²) >= 11 is 0. The van der Waals surface area contributed by atoms with Gasteiger partial charge in [0.1, 0.15) is 11.6 Å². The first-order valence-corrected chi connectivity index (χ1v) is 9.87. The van der Waals surface area contributed by atoms with Crippen LogP contribution in [0.2, 0.25) is 0 Å². The summed E-state index contributed by atoms with van der Waals surface area (Å²) in [5.41, 5.74) is -0.194. The quantitative estimate of drug-likeness (QED) is 0.638. The monoisotopic (exact) mass is 395 g/mol. The minimum Gasteiger partial charge on any atom is -0.454 e. The van der Waals surface area contributed by atoms with Crippen molar-refractivity contribution in [3.8, 4) is 6.07 Å². The second kappa shape index (κ2) is 8.97. The van der Waals surface area contributed by atoms with Crippen LogP contribution in [0.5, 0.6) is 0 Å². The van der Waals surface area contributed by atoms with Gasteiger partial charge in [0.2, 0.25) is 10.0 Å². The summed E-state index contributed by atoms with van der Waals surface area (Å²) in [4.78, 5) is 23.9. The molecule has 2 N–H and O–H groups in total. The summed E-state index contributed by atoms with van der Waals surface area (Å²) in [5.74, 6) is -1.69. The molecule has 0 bridgehead atoms. The van der Waals surface area contributed by atoms with Crippen LogP contribution in [0.25, 0.3) is 0 Å². The van der Waals surface area contributed by atoms with E-state index in [-0.39, 0.29) is 10.8 Å². The first-order chi connectivity index (χ1) is 12.4. The molecule has 0 heterocycles. The molecule has 1 rings (SSSR count). The molecule has 0 unspecified atom stereocenters. The van der Waals surface area contributed by atoms with Gasteiger partial charge in [-0.3, -0.25) is 9.59 Å². The van der Waals surface area contributed by atoms with Crippen molar-refractivity contribution in [2.45, 2.75) is 51.1 Å². The first kappa shape index (κ1) is 22.6. The van der Waals surface area contributed by atoms with E-state index in [4.69, 9.17) is 4.74 Å². The molecular formula is C18H25N3O5S. The standard InChI is InChI=1S/C18H25N3O5S/c1-12(2)18(5,11-19)20-16(22)10-26-17(23)14(4)21-27(24,25)15-8-6-13(3)7-9-15/h6-9,12,14,21H,10H2,1-5H3,(H,20,22)/t14-,18-/m0/s1. The molecule has 0 radical (unpaired) electrons. The van der Waals surface area contributed by atoms with Gasteiger partial charge >= 0.3 is 5.97 Å². The number of carbonyl (C=O) groups excluding carboxylic acids is 2. The summed E-state index contributed by atoms with van der Waals surface area (Å²) in [7, 11) is -3.90. The van der Waals surface area contributed by atoms with Crippen LogP contribution in [0.4, 0.5) is 0 Å². The summed E-state index contributed by atoms with van der Waals surface area (Å²) < 4.78 is 31.6. The van der Waals surface area contributed by atoms with Crippen molar-refractivity contribution < 1.29 is 22.7 Å². The number of benzene rings is 1. The molecule has 1 aromatic rings. The Morgan fingerprint density at radius 3 is 2.26 bits per heavy atom. The molecule has 148 valence electrons. The largest absolute Gasteiger partial charge is 0.454 e. The van der Waals surface area contributed by atoms with E-state index in [0.717, 1.165) is 5.56 Å². The van der Waals surface area contributed by atoms with Crippen molar-refractivity contribution in [2.75, 3.05) is 6.61 Å². The van der Waals surface area contributed by atoms with Gasteiger partial charge in [-0.25, -0.2) is 8.42 Å². The highest BCUT2D eigenvalue weighted by Crippen LogP contribution is 2.15. The normalized spacial score (nSPS) is 14.7. The smallest absolute Gasteiger partial charge is 0.324 e. The maximum atomic E-state index is 12.3. The molecule has 0 saturated heterocycles. The molecule has 0 aliphatic heterocycles. The summed E-state index contributed by atoms with van der Waals surface area (Å²) in [6.07, 6.45) is 0. The average molecular weight is 395 g/mol. The fourth-order valence-electron chi connectivity index (χ4n) is 1.96. The predicted molar refractivity (Wildman–Crippen MR) is 98.9 cm³/mol. The van der Waals surface area contributed by atoms with E-state index in [9.17, 15) is 23.3 Å². The van der Waals surface area contributed by atoms with E-state index in [2.05, 4.69) is 10.0 Å². The lowest BCUT2D eigenvalue weighted by Gasteiger charge is -2.27. The second-order valence-corrected chi connectivity index (χ2v) is 8.49. The Kier molecular flexibility index (Phi) is 7.51. The molecule has 0 aliphatic carbocycles. The Morgan fingerprint density at radius 1 is 1.22 bits per heavy atom. The van der Waals surface area contributed by atoms with Gasteiger partial charge in [0, 0.05) is 0 Å². The highest BCUT2D eigenvalue weighted by Gasteiger charge is 2.30. The Labute approximate surface area is 160 Å². The van der Waals surface area contributed by atoms with Gasteiger partial charge in [0.25, 0.3) is 5.91 Å². The van der Waals surface area contributed by atoms with Crippen LogP contribution >= 0.6 is 0 Å². The van der Waals surface area contributed by atoms with Gasteiger partial charge < -0.3 is 10.1 Å². The lowest BCUT2D eigenvalue weighted by atomic mass is 9.90. The summed E-state index contributed by atoms with van der Waals surface area (Å²) in [6, 6.07) is 6.96. The first-order valence-electron chi connectivity index (χ1n) is 8.39. The van der Waals surface area contributed by atoms with Crippen LogP contribution in [-0.2, 0) is 24.3 Å².